The van der Waals surface area contributed by atoms with E-state index in [1.165, 1.54) is 24.3 Å². The predicted octanol–water partition coefficient (Wildman–Crippen LogP) is 4.83. The molecule has 0 aliphatic heterocycles. The van der Waals surface area contributed by atoms with Crippen molar-refractivity contribution < 1.29 is 42.5 Å². The zero-order valence-corrected chi connectivity index (χ0v) is 17.2. The van der Waals surface area contributed by atoms with E-state index in [9.17, 15) is 23.2 Å². The van der Waals surface area contributed by atoms with Gasteiger partial charge in [-0.15, -0.1) is 0 Å². The second-order valence-corrected chi connectivity index (χ2v) is 8.24. The second kappa shape index (κ2) is 9.40. The molecule has 0 heterocycles. The number of benzene rings is 1. The molecule has 30 heavy (non-hydrogen) atoms. The lowest BCUT2D eigenvalue weighted by Gasteiger charge is -2.33. The number of rotatable bonds is 6. The fourth-order valence-corrected chi connectivity index (χ4v) is 3.23. The number of aliphatic carboxylic acids is 1. The summed E-state index contributed by atoms with van der Waals surface area (Å²) >= 11 is 0. The highest BCUT2D eigenvalue weighted by Gasteiger charge is 2.53. The van der Waals surface area contributed by atoms with Gasteiger partial charge >= 0.3 is 24.0 Å². The third-order valence-corrected chi connectivity index (χ3v) is 4.64. The average Bonchev–Trinajstić information content (AvgIpc) is 2.65. The maximum Gasteiger partial charge on any atom is 0.514 e. The average molecular weight is 428 g/mol. The highest BCUT2D eigenvalue weighted by molar-refractivity contribution is 5.90. The highest BCUT2D eigenvalue weighted by atomic mass is 19.3. The van der Waals surface area contributed by atoms with Crippen LogP contribution in [0.5, 0.6) is 5.75 Å². The van der Waals surface area contributed by atoms with E-state index in [2.05, 4.69) is 0 Å². The van der Waals surface area contributed by atoms with Crippen molar-refractivity contribution in [3.63, 3.8) is 0 Å². The van der Waals surface area contributed by atoms with E-state index in [0.717, 1.165) is 6.42 Å². The van der Waals surface area contributed by atoms with E-state index < -0.39 is 41.6 Å². The summed E-state index contributed by atoms with van der Waals surface area (Å²) in [6, 6.07) is 5.04. The number of hydrogen-bond donors (Lipinski definition) is 1. The van der Waals surface area contributed by atoms with Crippen molar-refractivity contribution in [2.75, 3.05) is 0 Å². The number of carboxylic acids is 1. The minimum Gasteiger partial charge on any atom is -0.477 e. The third kappa shape index (κ3) is 6.40. The molecular formula is C21H26F2O7. The maximum atomic E-state index is 14.3. The Kier molecular flexibility index (Phi) is 7.39. The van der Waals surface area contributed by atoms with Gasteiger partial charge in [0.15, 0.2) is 6.10 Å². The minimum absolute atomic E-state index is 0.0754. The maximum absolute atomic E-state index is 14.3. The summed E-state index contributed by atoms with van der Waals surface area (Å²) in [6.07, 6.45) is -0.0465. The summed E-state index contributed by atoms with van der Waals surface area (Å²) in [4.78, 5) is 35.1. The second-order valence-electron chi connectivity index (χ2n) is 8.24. The molecule has 1 aromatic carbocycles. The molecule has 1 aromatic rings. The van der Waals surface area contributed by atoms with Gasteiger partial charge in [0, 0.05) is 5.92 Å². The van der Waals surface area contributed by atoms with Crippen molar-refractivity contribution in [3.8, 4) is 5.75 Å². The van der Waals surface area contributed by atoms with Gasteiger partial charge in [0.25, 0.3) is 0 Å². The molecule has 1 aliphatic rings. The van der Waals surface area contributed by atoms with Gasteiger partial charge in [-0.2, -0.15) is 8.78 Å². The van der Waals surface area contributed by atoms with Crippen LogP contribution in [0.15, 0.2) is 24.3 Å². The van der Waals surface area contributed by atoms with E-state index in [-0.39, 0.29) is 11.3 Å². The molecule has 7 nitrogen and oxygen atoms in total. The van der Waals surface area contributed by atoms with Gasteiger partial charge < -0.3 is 19.3 Å². The zero-order valence-electron chi connectivity index (χ0n) is 17.2. The fourth-order valence-electron chi connectivity index (χ4n) is 3.23. The summed E-state index contributed by atoms with van der Waals surface area (Å²) in [7, 11) is 0. The molecule has 9 heteroatoms. The molecule has 0 amide bonds. The van der Waals surface area contributed by atoms with E-state index in [4.69, 9.17) is 19.3 Å². The van der Waals surface area contributed by atoms with E-state index in [0.29, 0.717) is 25.7 Å². The highest BCUT2D eigenvalue weighted by Crippen LogP contribution is 2.36. The van der Waals surface area contributed by atoms with Crippen LogP contribution in [0, 0.1) is 5.92 Å². The summed E-state index contributed by atoms with van der Waals surface area (Å²) in [5.41, 5.74) is -0.821. The van der Waals surface area contributed by atoms with Crippen LogP contribution >= 0.6 is 0 Å². The summed E-state index contributed by atoms with van der Waals surface area (Å²) in [5, 5.41) is 8.93. The smallest absolute Gasteiger partial charge is 0.477 e. The number of carbonyl (C=O) groups excluding carboxylic acids is 2. The van der Waals surface area contributed by atoms with Gasteiger partial charge in [0.05, 0.1) is 5.56 Å². The molecule has 0 aromatic heterocycles. The van der Waals surface area contributed by atoms with E-state index in [1.54, 1.807) is 20.8 Å². The topological polar surface area (TPSA) is 99.1 Å². The summed E-state index contributed by atoms with van der Waals surface area (Å²) in [6.45, 7) is 5.01. The molecule has 2 rings (SSSR count). The van der Waals surface area contributed by atoms with Gasteiger partial charge in [-0.25, -0.2) is 14.4 Å². The van der Waals surface area contributed by atoms with Crippen LogP contribution in [-0.2, 0) is 14.3 Å². The lowest BCUT2D eigenvalue weighted by atomic mass is 9.83. The van der Waals surface area contributed by atoms with Crippen molar-refractivity contribution in [2.24, 2.45) is 5.92 Å². The van der Waals surface area contributed by atoms with Crippen molar-refractivity contribution in [1.82, 2.24) is 0 Å². The first-order chi connectivity index (χ1) is 13.9. The lowest BCUT2D eigenvalue weighted by Crippen LogP contribution is -2.48. The largest absolute Gasteiger partial charge is 0.514 e. The molecule has 1 unspecified atom stereocenters. The number of ether oxygens (including phenoxy) is 3. The van der Waals surface area contributed by atoms with E-state index in [1.807, 2.05) is 0 Å². The van der Waals surface area contributed by atoms with Crippen molar-refractivity contribution >= 4 is 18.1 Å². The van der Waals surface area contributed by atoms with E-state index >= 15 is 0 Å². The Balaban J connectivity index is 2.09. The fraction of sp³-hybridized carbons (Fsp3) is 0.571. The Labute approximate surface area is 173 Å². The van der Waals surface area contributed by atoms with Gasteiger partial charge in [0.1, 0.15) is 11.4 Å². The van der Waals surface area contributed by atoms with Crippen molar-refractivity contribution in [3.05, 3.63) is 29.8 Å². The zero-order chi connectivity index (χ0) is 22.5. The molecule has 1 fully saturated rings. The number of alkyl halides is 2. The minimum atomic E-state index is -4.20. The quantitative estimate of drug-likeness (QED) is 0.512. The predicted molar refractivity (Wildman–Crippen MR) is 102 cm³/mol. The Hall–Kier alpha value is -2.71. The number of hydrogen-bond acceptors (Lipinski definition) is 6. The Morgan fingerprint density at radius 1 is 1.03 bits per heavy atom. The molecule has 1 saturated carbocycles. The monoisotopic (exact) mass is 428 g/mol. The van der Waals surface area contributed by atoms with Gasteiger partial charge in [-0.3, -0.25) is 0 Å². The number of esters is 1. The van der Waals surface area contributed by atoms with Gasteiger partial charge in [-0.05, 0) is 57.9 Å². The van der Waals surface area contributed by atoms with Crippen LogP contribution in [0.2, 0.25) is 0 Å². The molecule has 166 valence electrons. The number of halogens is 2. The van der Waals surface area contributed by atoms with Crippen LogP contribution in [0.3, 0.4) is 0 Å². The molecule has 1 aliphatic carbocycles. The SMILES string of the molecule is CC(C)(C)OC(=O)Oc1ccc(C(=O)OC(C2CCCCC2)C(F)(F)C(=O)O)cc1. The Morgan fingerprint density at radius 3 is 2.10 bits per heavy atom. The molecule has 0 bridgehead atoms. The Bertz CT molecular complexity index is 763. The van der Waals surface area contributed by atoms with Crippen LogP contribution in [0.25, 0.3) is 0 Å². The van der Waals surface area contributed by atoms with Gasteiger partial charge in [0.2, 0.25) is 0 Å². The normalized spacial score (nSPS) is 16.4. The Morgan fingerprint density at radius 2 is 1.60 bits per heavy atom. The summed E-state index contributed by atoms with van der Waals surface area (Å²) < 4.78 is 43.5. The molecule has 0 spiro atoms. The first-order valence-electron chi connectivity index (χ1n) is 9.73. The van der Waals surface area contributed by atoms with Crippen molar-refractivity contribution in [2.45, 2.75) is 70.5 Å². The molecule has 0 radical (unpaired) electrons. The van der Waals surface area contributed by atoms with Crippen LogP contribution in [0.4, 0.5) is 13.6 Å². The van der Waals surface area contributed by atoms with Crippen LogP contribution < -0.4 is 4.74 Å². The molecule has 1 atom stereocenters. The number of carbonyl (C=O) groups is 3. The first-order valence-corrected chi connectivity index (χ1v) is 9.73. The lowest BCUT2D eigenvalue weighted by molar-refractivity contribution is -0.189. The van der Waals surface area contributed by atoms with Crippen LogP contribution in [-0.4, -0.2) is 40.8 Å². The first kappa shape index (κ1) is 23.6. The van der Waals surface area contributed by atoms with Crippen molar-refractivity contribution in [1.29, 1.82) is 0 Å². The standard InChI is InChI=1S/C21H26F2O7/c1-20(2,3)30-19(27)28-15-11-9-14(10-12-15)17(24)29-16(21(22,23)18(25)26)13-7-5-4-6-8-13/h9-13,16H,4-8H2,1-3H3,(H,25,26). The third-order valence-electron chi connectivity index (χ3n) is 4.64. The number of carboxylic acid groups (broad SMARTS) is 1. The molecule has 1 N–H and O–H groups in total. The summed E-state index contributed by atoms with van der Waals surface area (Å²) in [5.74, 6) is -8.25. The van der Waals surface area contributed by atoms with Gasteiger partial charge in [-0.1, -0.05) is 19.3 Å². The molecule has 0 saturated heterocycles. The molecular weight excluding hydrogens is 402 g/mol. The van der Waals surface area contributed by atoms with Crippen LogP contribution in [0.1, 0.15) is 63.2 Å².